The van der Waals surface area contributed by atoms with Gasteiger partial charge in [-0.2, -0.15) is 0 Å². The molecule has 0 bridgehead atoms. The van der Waals surface area contributed by atoms with Crippen molar-refractivity contribution in [2.75, 3.05) is 17.5 Å². The maximum absolute atomic E-state index is 14.1. The second-order valence-electron chi connectivity index (χ2n) is 9.51. The molecule has 8 nitrogen and oxygen atoms in total. The topological polar surface area (TPSA) is 96.0 Å². The number of nitrogens with one attached hydrogen (secondary N) is 1. The third-order valence-electron chi connectivity index (χ3n) is 6.52. The summed E-state index contributed by atoms with van der Waals surface area (Å²) >= 11 is 12.2. The zero-order valence-electron chi connectivity index (χ0n) is 23.5. The molecule has 0 aromatic heterocycles. The van der Waals surface area contributed by atoms with Crippen molar-refractivity contribution in [2.45, 2.75) is 57.6 Å². The molecule has 2 atom stereocenters. The minimum Gasteiger partial charge on any atom is -0.492 e. The van der Waals surface area contributed by atoms with Gasteiger partial charge in [-0.3, -0.25) is 13.9 Å². The molecular weight excluding hydrogens is 585 g/mol. The van der Waals surface area contributed by atoms with Crippen LogP contribution in [0.3, 0.4) is 0 Å². The Morgan fingerprint density at radius 1 is 0.927 bits per heavy atom. The van der Waals surface area contributed by atoms with Gasteiger partial charge in [-0.1, -0.05) is 54.4 Å². The van der Waals surface area contributed by atoms with Crippen LogP contribution in [-0.2, 0) is 26.2 Å². The zero-order chi connectivity index (χ0) is 30.2. The summed E-state index contributed by atoms with van der Waals surface area (Å²) in [6, 6.07) is 18.2. The van der Waals surface area contributed by atoms with E-state index < -0.39 is 28.5 Å². The van der Waals surface area contributed by atoms with E-state index in [0.29, 0.717) is 27.8 Å². The molecule has 11 heteroatoms. The van der Waals surface area contributed by atoms with Gasteiger partial charge in [0.2, 0.25) is 11.8 Å². The molecule has 0 fully saturated rings. The van der Waals surface area contributed by atoms with Crippen molar-refractivity contribution in [2.24, 2.45) is 0 Å². The minimum absolute atomic E-state index is 0.0381. The Bertz CT molecular complexity index is 1450. The van der Waals surface area contributed by atoms with Gasteiger partial charge in [-0.15, -0.1) is 0 Å². The van der Waals surface area contributed by atoms with E-state index >= 15 is 0 Å². The number of hydrogen-bond donors (Lipinski definition) is 1. The van der Waals surface area contributed by atoms with Crippen LogP contribution in [0.15, 0.2) is 77.7 Å². The van der Waals surface area contributed by atoms with Gasteiger partial charge in [0.05, 0.1) is 17.2 Å². The lowest BCUT2D eigenvalue weighted by Gasteiger charge is -2.33. The Kier molecular flexibility index (Phi) is 11.5. The van der Waals surface area contributed by atoms with Gasteiger partial charge in [-0.25, -0.2) is 8.42 Å². The fourth-order valence-electron chi connectivity index (χ4n) is 4.07. The summed E-state index contributed by atoms with van der Waals surface area (Å²) < 4.78 is 34.8. The summed E-state index contributed by atoms with van der Waals surface area (Å²) in [5.41, 5.74) is 0.882. The molecule has 220 valence electrons. The van der Waals surface area contributed by atoms with Gasteiger partial charge in [0, 0.05) is 22.6 Å². The zero-order valence-corrected chi connectivity index (χ0v) is 25.8. The van der Waals surface area contributed by atoms with Crippen LogP contribution in [0.25, 0.3) is 0 Å². The van der Waals surface area contributed by atoms with Crippen molar-refractivity contribution >= 4 is 50.7 Å². The predicted octanol–water partition coefficient (Wildman–Crippen LogP) is 5.92. The van der Waals surface area contributed by atoms with Gasteiger partial charge in [0.25, 0.3) is 10.0 Å². The molecule has 0 saturated heterocycles. The smallest absolute Gasteiger partial charge is 0.264 e. The highest BCUT2D eigenvalue weighted by Crippen LogP contribution is 2.33. The van der Waals surface area contributed by atoms with Crippen LogP contribution >= 0.6 is 23.2 Å². The van der Waals surface area contributed by atoms with Crippen molar-refractivity contribution in [1.82, 2.24) is 10.2 Å². The molecule has 0 heterocycles. The number of benzene rings is 3. The highest BCUT2D eigenvalue weighted by molar-refractivity contribution is 7.92. The molecule has 41 heavy (non-hydrogen) atoms. The lowest BCUT2D eigenvalue weighted by molar-refractivity contribution is -0.139. The summed E-state index contributed by atoms with van der Waals surface area (Å²) in [6.07, 6.45) is 0.710. The van der Waals surface area contributed by atoms with Crippen molar-refractivity contribution in [3.63, 3.8) is 0 Å². The molecule has 0 aliphatic heterocycles. The SMILES string of the molecule is CCOc1ccccc1N(CC(=O)N(Cc1cccc(Cl)c1)C(C)C(=O)NC(C)CC)S(=O)(=O)c1ccc(Cl)cc1. The van der Waals surface area contributed by atoms with Crippen molar-refractivity contribution in [1.29, 1.82) is 0 Å². The van der Waals surface area contributed by atoms with Gasteiger partial charge in [-0.05, 0) is 81.3 Å². The number of amides is 2. The average molecular weight is 621 g/mol. The molecule has 0 saturated carbocycles. The molecule has 2 unspecified atom stereocenters. The highest BCUT2D eigenvalue weighted by atomic mass is 35.5. The van der Waals surface area contributed by atoms with Gasteiger partial charge >= 0.3 is 0 Å². The molecule has 2 amide bonds. The molecule has 3 aromatic carbocycles. The number of rotatable bonds is 13. The third kappa shape index (κ3) is 8.38. The first-order valence-corrected chi connectivity index (χ1v) is 15.5. The number of carbonyl (C=O) groups excluding carboxylic acids is 2. The van der Waals surface area contributed by atoms with Crippen LogP contribution < -0.4 is 14.4 Å². The second-order valence-corrected chi connectivity index (χ2v) is 12.2. The van der Waals surface area contributed by atoms with E-state index in [1.807, 2.05) is 13.8 Å². The molecule has 0 aliphatic carbocycles. The number of para-hydroxylation sites is 2. The van der Waals surface area contributed by atoms with Crippen LogP contribution in [0, 0.1) is 0 Å². The van der Waals surface area contributed by atoms with Crippen LogP contribution in [0.2, 0.25) is 10.0 Å². The van der Waals surface area contributed by atoms with Gasteiger partial charge in [0.15, 0.2) is 0 Å². The molecular formula is C30H35Cl2N3O5S. The number of hydrogen-bond acceptors (Lipinski definition) is 5. The predicted molar refractivity (Wildman–Crippen MR) is 163 cm³/mol. The van der Waals surface area contributed by atoms with Crippen molar-refractivity contribution in [3.8, 4) is 5.75 Å². The standard InChI is InChI=1S/C30H35Cl2N3O5S/c1-5-21(3)33-30(37)22(4)34(19-23-10-9-11-25(32)18-23)29(36)20-35(27-12-7-8-13-28(27)40-6-2)41(38,39)26-16-14-24(31)15-17-26/h7-18,21-22H,5-6,19-20H2,1-4H3,(H,33,37). The third-order valence-corrected chi connectivity index (χ3v) is 8.79. The first-order valence-electron chi connectivity index (χ1n) is 13.3. The number of ether oxygens (including phenoxy) is 1. The van der Waals surface area contributed by atoms with E-state index in [9.17, 15) is 18.0 Å². The monoisotopic (exact) mass is 619 g/mol. The van der Waals surface area contributed by atoms with Crippen molar-refractivity contribution in [3.05, 3.63) is 88.4 Å². The molecule has 3 rings (SSSR count). The summed E-state index contributed by atoms with van der Waals surface area (Å²) in [5.74, 6) is -0.638. The molecule has 3 aromatic rings. The second kappa shape index (κ2) is 14.6. The normalized spacial score (nSPS) is 12.7. The van der Waals surface area contributed by atoms with Crippen LogP contribution in [0.4, 0.5) is 5.69 Å². The molecule has 0 radical (unpaired) electrons. The number of carbonyl (C=O) groups is 2. The lowest BCUT2D eigenvalue weighted by Crippen LogP contribution is -2.52. The minimum atomic E-state index is -4.26. The first kappa shape index (κ1) is 32.2. The van der Waals surface area contributed by atoms with E-state index in [1.165, 1.54) is 29.2 Å². The largest absolute Gasteiger partial charge is 0.492 e. The van der Waals surface area contributed by atoms with Crippen molar-refractivity contribution < 1.29 is 22.7 Å². The Morgan fingerprint density at radius 3 is 2.24 bits per heavy atom. The van der Waals surface area contributed by atoms with Crippen LogP contribution in [0.5, 0.6) is 5.75 Å². The van der Waals surface area contributed by atoms with Crippen LogP contribution in [-0.4, -0.2) is 50.4 Å². The van der Waals surface area contributed by atoms with Gasteiger partial charge < -0.3 is 15.0 Å². The number of sulfonamides is 1. The summed E-state index contributed by atoms with van der Waals surface area (Å²) in [5, 5.41) is 3.76. The quantitative estimate of drug-likeness (QED) is 0.256. The number of nitrogens with zero attached hydrogens (tertiary/aromatic N) is 2. The fraction of sp³-hybridized carbons (Fsp3) is 0.333. The first-order chi connectivity index (χ1) is 19.5. The molecule has 0 spiro atoms. The van der Waals surface area contributed by atoms with Gasteiger partial charge in [0.1, 0.15) is 18.3 Å². The van der Waals surface area contributed by atoms with E-state index in [1.54, 1.807) is 62.4 Å². The molecule has 0 aliphatic rings. The Labute approximate surface area is 252 Å². The maximum Gasteiger partial charge on any atom is 0.264 e. The van der Waals surface area contributed by atoms with E-state index in [0.717, 1.165) is 4.31 Å². The summed E-state index contributed by atoms with van der Waals surface area (Å²) in [4.78, 5) is 28.5. The van der Waals surface area contributed by atoms with Crippen LogP contribution in [0.1, 0.15) is 39.7 Å². The Morgan fingerprint density at radius 2 is 1.61 bits per heavy atom. The number of halogens is 2. The van der Waals surface area contributed by atoms with E-state index in [4.69, 9.17) is 27.9 Å². The molecule has 1 N–H and O–H groups in total. The summed E-state index contributed by atoms with van der Waals surface area (Å²) in [6.45, 7) is 6.95. The van der Waals surface area contributed by atoms with E-state index in [2.05, 4.69) is 5.32 Å². The summed E-state index contributed by atoms with van der Waals surface area (Å²) in [7, 11) is -4.26. The average Bonchev–Trinajstić information content (AvgIpc) is 2.95. The lowest BCUT2D eigenvalue weighted by atomic mass is 10.1. The maximum atomic E-state index is 14.1. The van der Waals surface area contributed by atoms with E-state index in [-0.39, 0.29) is 35.7 Å². The highest BCUT2D eigenvalue weighted by Gasteiger charge is 2.34. The number of anilines is 1. The Hall–Kier alpha value is -3.27. The Balaban J connectivity index is 2.08. The fourth-order valence-corrected chi connectivity index (χ4v) is 5.83.